The molecule has 0 bridgehead atoms. The molecule has 1 aromatic carbocycles. The molecule has 3 N–H and O–H groups in total. The van der Waals surface area contributed by atoms with Crippen LogP contribution in [0.5, 0.6) is 0 Å². The molecule has 0 radical (unpaired) electrons. The van der Waals surface area contributed by atoms with Gasteiger partial charge in [-0.3, -0.25) is 4.79 Å². The van der Waals surface area contributed by atoms with Crippen molar-refractivity contribution in [2.75, 3.05) is 18.4 Å². The van der Waals surface area contributed by atoms with E-state index in [1.807, 2.05) is 0 Å². The standard InChI is InChI=1S/C13H15ClN2O3/c14-10-7-9(13(18)19)1-2-11(10)16-12(17)8-3-5-15-6-4-8/h1-2,7-8,15H,3-6H2,(H,16,17)(H,18,19). The van der Waals surface area contributed by atoms with Gasteiger partial charge in [-0.1, -0.05) is 11.6 Å². The quantitative estimate of drug-likeness (QED) is 0.792. The van der Waals surface area contributed by atoms with Gasteiger partial charge in [0.2, 0.25) is 5.91 Å². The Morgan fingerprint density at radius 1 is 1.32 bits per heavy atom. The number of hydrogen-bond donors (Lipinski definition) is 3. The Kier molecular flexibility index (Phi) is 4.39. The summed E-state index contributed by atoms with van der Waals surface area (Å²) >= 11 is 5.97. The summed E-state index contributed by atoms with van der Waals surface area (Å²) in [7, 11) is 0. The molecule has 6 heteroatoms. The lowest BCUT2D eigenvalue weighted by Gasteiger charge is -2.22. The first-order valence-corrected chi connectivity index (χ1v) is 6.50. The smallest absolute Gasteiger partial charge is 0.335 e. The van der Waals surface area contributed by atoms with Crippen molar-refractivity contribution in [1.29, 1.82) is 0 Å². The van der Waals surface area contributed by atoms with E-state index in [0.29, 0.717) is 5.69 Å². The number of carboxylic acids is 1. The molecule has 5 nitrogen and oxygen atoms in total. The number of rotatable bonds is 3. The number of carboxylic acid groups (broad SMARTS) is 1. The molecule has 1 aliphatic heterocycles. The van der Waals surface area contributed by atoms with Crippen LogP contribution in [0.3, 0.4) is 0 Å². The van der Waals surface area contributed by atoms with Crippen LogP contribution in [0, 0.1) is 5.92 Å². The van der Waals surface area contributed by atoms with Crippen LogP contribution in [0.1, 0.15) is 23.2 Å². The van der Waals surface area contributed by atoms with E-state index in [2.05, 4.69) is 10.6 Å². The third-order valence-corrected chi connectivity index (χ3v) is 3.50. The molecule has 0 aliphatic carbocycles. The second kappa shape index (κ2) is 6.04. The second-order valence-corrected chi connectivity index (χ2v) is 4.92. The molecule has 1 heterocycles. The third-order valence-electron chi connectivity index (χ3n) is 3.18. The number of piperidine rings is 1. The van der Waals surface area contributed by atoms with Gasteiger partial charge in [0.05, 0.1) is 16.3 Å². The number of nitrogens with one attached hydrogen (secondary N) is 2. The van der Waals surface area contributed by atoms with Crippen LogP contribution in [-0.2, 0) is 4.79 Å². The predicted molar refractivity (Wildman–Crippen MR) is 72.6 cm³/mol. The number of carbonyl (C=O) groups is 2. The fourth-order valence-electron chi connectivity index (χ4n) is 2.07. The molecule has 0 aromatic heterocycles. The number of hydrogen-bond acceptors (Lipinski definition) is 3. The molecule has 19 heavy (non-hydrogen) atoms. The van der Waals surface area contributed by atoms with Crippen molar-refractivity contribution in [1.82, 2.24) is 5.32 Å². The molecule has 1 saturated heterocycles. The highest BCUT2D eigenvalue weighted by Crippen LogP contribution is 2.24. The van der Waals surface area contributed by atoms with E-state index < -0.39 is 5.97 Å². The lowest BCUT2D eigenvalue weighted by Crippen LogP contribution is -2.34. The predicted octanol–water partition coefficient (Wildman–Crippen LogP) is 1.98. The van der Waals surface area contributed by atoms with Gasteiger partial charge >= 0.3 is 5.97 Å². The number of aromatic carboxylic acids is 1. The van der Waals surface area contributed by atoms with E-state index >= 15 is 0 Å². The zero-order chi connectivity index (χ0) is 13.8. The molecule has 0 saturated carbocycles. The normalized spacial score (nSPS) is 16.1. The molecule has 102 valence electrons. The second-order valence-electron chi connectivity index (χ2n) is 4.51. The summed E-state index contributed by atoms with van der Waals surface area (Å²) < 4.78 is 0. The highest BCUT2D eigenvalue weighted by Gasteiger charge is 2.21. The van der Waals surface area contributed by atoms with Crippen molar-refractivity contribution < 1.29 is 14.7 Å². The summed E-state index contributed by atoms with van der Waals surface area (Å²) in [4.78, 5) is 22.8. The van der Waals surface area contributed by atoms with Gasteiger partial charge in [-0.15, -0.1) is 0 Å². The van der Waals surface area contributed by atoms with E-state index in [4.69, 9.17) is 16.7 Å². The summed E-state index contributed by atoms with van der Waals surface area (Å²) in [5.74, 6) is -1.12. The summed E-state index contributed by atoms with van der Waals surface area (Å²) in [6, 6.07) is 4.28. The molecular weight excluding hydrogens is 268 g/mol. The number of carbonyl (C=O) groups excluding carboxylic acids is 1. The van der Waals surface area contributed by atoms with Crippen LogP contribution < -0.4 is 10.6 Å². The maximum atomic E-state index is 12.0. The SMILES string of the molecule is O=C(O)c1ccc(NC(=O)C2CCNCC2)c(Cl)c1. The first-order valence-electron chi connectivity index (χ1n) is 6.12. The fourth-order valence-corrected chi connectivity index (χ4v) is 2.30. The molecule has 2 rings (SSSR count). The zero-order valence-corrected chi connectivity index (χ0v) is 11.0. The minimum atomic E-state index is -1.04. The lowest BCUT2D eigenvalue weighted by atomic mass is 9.97. The maximum absolute atomic E-state index is 12.0. The minimum Gasteiger partial charge on any atom is -0.478 e. The zero-order valence-electron chi connectivity index (χ0n) is 10.3. The summed E-state index contributed by atoms with van der Waals surface area (Å²) in [6.45, 7) is 1.67. The Labute approximate surface area is 116 Å². The number of halogens is 1. The van der Waals surface area contributed by atoms with Gasteiger partial charge in [0.1, 0.15) is 0 Å². The van der Waals surface area contributed by atoms with Crippen molar-refractivity contribution in [3.63, 3.8) is 0 Å². The van der Waals surface area contributed by atoms with E-state index in [-0.39, 0.29) is 22.4 Å². The van der Waals surface area contributed by atoms with Gasteiger partial charge < -0.3 is 15.7 Å². The van der Waals surface area contributed by atoms with Crippen LogP contribution in [0.4, 0.5) is 5.69 Å². The molecule has 1 fully saturated rings. The lowest BCUT2D eigenvalue weighted by molar-refractivity contribution is -0.120. The van der Waals surface area contributed by atoms with Crippen molar-refractivity contribution in [3.8, 4) is 0 Å². The van der Waals surface area contributed by atoms with E-state index in [9.17, 15) is 9.59 Å². The summed E-state index contributed by atoms with van der Waals surface area (Å²) in [6.07, 6.45) is 1.60. The third kappa shape index (κ3) is 3.45. The van der Waals surface area contributed by atoms with E-state index in [0.717, 1.165) is 25.9 Å². The van der Waals surface area contributed by atoms with Gasteiger partial charge in [-0.05, 0) is 44.1 Å². The Balaban J connectivity index is 2.06. The van der Waals surface area contributed by atoms with E-state index in [1.54, 1.807) is 0 Å². The topological polar surface area (TPSA) is 78.4 Å². The molecule has 1 amide bonds. The largest absolute Gasteiger partial charge is 0.478 e. The Hall–Kier alpha value is -1.59. The highest BCUT2D eigenvalue weighted by molar-refractivity contribution is 6.34. The van der Waals surface area contributed by atoms with Crippen LogP contribution in [0.25, 0.3) is 0 Å². The van der Waals surface area contributed by atoms with Crippen LogP contribution in [0.2, 0.25) is 5.02 Å². The molecular formula is C13H15ClN2O3. The first-order chi connectivity index (χ1) is 9.08. The van der Waals surface area contributed by atoms with Gasteiger partial charge in [0.15, 0.2) is 0 Å². The molecule has 1 aromatic rings. The monoisotopic (exact) mass is 282 g/mol. The Morgan fingerprint density at radius 2 is 2.00 bits per heavy atom. The van der Waals surface area contributed by atoms with Crippen molar-refractivity contribution in [3.05, 3.63) is 28.8 Å². The van der Waals surface area contributed by atoms with Gasteiger partial charge in [-0.2, -0.15) is 0 Å². The fraction of sp³-hybridized carbons (Fsp3) is 0.385. The van der Waals surface area contributed by atoms with Gasteiger partial charge in [0, 0.05) is 5.92 Å². The first kappa shape index (κ1) is 13.8. The maximum Gasteiger partial charge on any atom is 0.335 e. The van der Waals surface area contributed by atoms with Gasteiger partial charge in [-0.25, -0.2) is 4.79 Å². The van der Waals surface area contributed by atoms with Crippen molar-refractivity contribution in [2.45, 2.75) is 12.8 Å². The number of anilines is 1. The molecule has 0 unspecified atom stereocenters. The van der Waals surface area contributed by atoms with Crippen LogP contribution in [-0.4, -0.2) is 30.1 Å². The minimum absolute atomic E-state index is 0.0172. The average molecular weight is 283 g/mol. The summed E-state index contributed by atoms with van der Waals surface area (Å²) in [5, 5.41) is 15.0. The average Bonchev–Trinajstić information content (AvgIpc) is 2.41. The van der Waals surface area contributed by atoms with Crippen molar-refractivity contribution >= 4 is 29.2 Å². The highest BCUT2D eigenvalue weighted by atomic mass is 35.5. The van der Waals surface area contributed by atoms with E-state index in [1.165, 1.54) is 18.2 Å². The molecule has 1 aliphatic rings. The van der Waals surface area contributed by atoms with Gasteiger partial charge in [0.25, 0.3) is 0 Å². The molecule has 0 spiro atoms. The number of amides is 1. The van der Waals surface area contributed by atoms with Crippen LogP contribution in [0.15, 0.2) is 18.2 Å². The van der Waals surface area contributed by atoms with Crippen molar-refractivity contribution in [2.24, 2.45) is 5.92 Å². The summed E-state index contributed by atoms with van der Waals surface area (Å²) in [5.41, 5.74) is 0.556. The Bertz CT molecular complexity index is 499. The number of benzene rings is 1. The Morgan fingerprint density at radius 3 is 2.58 bits per heavy atom. The van der Waals surface area contributed by atoms with Crippen LogP contribution >= 0.6 is 11.6 Å². The molecule has 0 atom stereocenters.